The van der Waals surface area contributed by atoms with Crippen LogP contribution in [0.3, 0.4) is 0 Å². The molecule has 0 bridgehead atoms. The van der Waals surface area contributed by atoms with Crippen LogP contribution < -0.4 is 88.7 Å². The molecule has 1 aliphatic heterocycles. The molecule has 0 aromatic rings. The zero-order chi connectivity index (χ0) is 6.85. The average molecular weight is 245 g/mol. The molecule has 0 fully saturated rings. The summed E-state index contributed by atoms with van der Waals surface area (Å²) in [4.78, 5) is 3.68. The molecule has 9 heteroatoms. The van der Waals surface area contributed by atoms with Crippen molar-refractivity contribution in [3.63, 3.8) is 0 Å². The van der Waals surface area contributed by atoms with Crippen LogP contribution in [-0.4, -0.2) is 16.2 Å². The van der Waals surface area contributed by atoms with E-state index in [9.17, 15) is 0 Å². The first-order valence-corrected chi connectivity index (χ1v) is 3.51. The summed E-state index contributed by atoms with van der Waals surface area (Å²) in [6.07, 6.45) is 0. The van der Waals surface area contributed by atoms with E-state index in [0.717, 1.165) is 0 Å². The first kappa shape index (κ1) is 20.7. The maximum absolute atomic E-state index is 4.70. The van der Waals surface area contributed by atoms with E-state index in [1.165, 1.54) is 0 Å². The molecule has 0 spiro atoms. The molecule has 0 saturated carbocycles. The third-order valence-corrected chi connectivity index (χ3v) is 1.36. The maximum Gasteiger partial charge on any atom is 1.00 e. The van der Waals surface area contributed by atoms with Crippen LogP contribution in [0.4, 0.5) is 0 Å². The maximum atomic E-state index is 4.70. The van der Waals surface area contributed by atoms with E-state index in [1.54, 1.807) is 0 Å². The Morgan fingerprint density at radius 1 is 1.25 bits per heavy atom. The van der Waals surface area contributed by atoms with Crippen molar-refractivity contribution in [3.8, 4) is 0 Å². The molecular weight excluding hydrogens is 243 g/mol. The summed E-state index contributed by atoms with van der Waals surface area (Å²) in [5, 5.41) is 7.66. The molecule has 0 aromatic heterocycles. The van der Waals surface area contributed by atoms with Crippen molar-refractivity contribution in [2.75, 3.05) is 0 Å². The minimum Gasteiger partial charge on any atom is -0.789 e. The van der Waals surface area contributed by atoms with Crippen LogP contribution in [0.1, 0.15) is 0 Å². The quantitative estimate of drug-likeness (QED) is 0.309. The Morgan fingerprint density at radius 3 is 2.08 bits per heavy atom. The molecule has 12 heavy (non-hydrogen) atoms. The molecule has 1 rings (SSSR count). The summed E-state index contributed by atoms with van der Waals surface area (Å²) in [5.41, 5.74) is -1.03. The summed E-state index contributed by atoms with van der Waals surface area (Å²) in [6, 6.07) is 0. The van der Waals surface area contributed by atoms with Gasteiger partial charge in [0, 0.05) is 0 Å². The Morgan fingerprint density at radius 2 is 1.75 bits per heavy atom. The van der Waals surface area contributed by atoms with E-state index in [0.29, 0.717) is 0 Å². The Hall–Kier alpha value is 3.35. The molecule has 2 atom stereocenters. The van der Waals surface area contributed by atoms with Crippen molar-refractivity contribution < 1.29 is 88.7 Å². The van der Waals surface area contributed by atoms with Crippen molar-refractivity contribution >= 4 is 43.1 Å². The van der Waals surface area contributed by atoms with Crippen molar-refractivity contribution in [1.29, 1.82) is 0 Å². The Balaban J connectivity index is -0.000000270. The summed E-state index contributed by atoms with van der Waals surface area (Å²) < 4.78 is 0. The first-order chi connectivity index (χ1) is 4.18. The third kappa shape index (κ3) is 8.64. The van der Waals surface area contributed by atoms with E-state index in [2.05, 4.69) is 28.3 Å². The number of amidine groups is 1. The molecular formula is C3H2N3Na3S3. The number of rotatable bonds is 0. The minimum absolute atomic E-state index is 0. The van der Waals surface area contributed by atoms with Gasteiger partial charge in [0.1, 0.15) is 0 Å². The largest absolute Gasteiger partial charge is 1.00 e. The van der Waals surface area contributed by atoms with Crippen LogP contribution >= 0.6 is 25.3 Å². The number of nitrogens with zero attached hydrogens (tertiary/aromatic N) is 3. The van der Waals surface area contributed by atoms with Gasteiger partial charge in [-0.2, -0.15) is 0 Å². The molecule has 3 nitrogen and oxygen atoms in total. The van der Waals surface area contributed by atoms with Gasteiger partial charge < -0.3 is 28.3 Å². The van der Waals surface area contributed by atoms with Gasteiger partial charge in [-0.3, -0.25) is 0 Å². The van der Waals surface area contributed by atoms with Gasteiger partial charge in [-0.15, -0.1) is 25.3 Å². The van der Waals surface area contributed by atoms with Gasteiger partial charge in [0.25, 0.3) is 0 Å². The van der Waals surface area contributed by atoms with Gasteiger partial charge in [0.15, 0.2) is 0 Å². The fraction of sp³-hybridized carbons (Fsp3) is 0.667. The molecule has 1 heterocycles. The van der Waals surface area contributed by atoms with Gasteiger partial charge in [-0.25, -0.2) is 5.17 Å². The SMILES string of the molecule is [Na+].[Na+].[Na+].[S]C1N=C([S-])[N-]C([S])[N-]1. The van der Waals surface area contributed by atoms with Crippen LogP contribution in [-0.2, 0) is 12.6 Å². The minimum atomic E-state index is -0.516. The molecule has 0 amide bonds. The fourth-order valence-corrected chi connectivity index (χ4v) is 1.24. The molecule has 0 aliphatic carbocycles. The molecule has 50 valence electrons. The summed E-state index contributed by atoms with van der Waals surface area (Å²) in [6.45, 7) is 0. The van der Waals surface area contributed by atoms with Crippen molar-refractivity contribution in [2.24, 2.45) is 4.99 Å². The normalized spacial score (nSPS) is 26.3. The standard InChI is InChI=1S/C3H3N3S3.3Na/c7-1-4-2(8)6-3(9)5-1;;;/h1-2H,(H-,5,6,9);;;/q-2;3*+1/p-1. The second-order valence-electron chi connectivity index (χ2n) is 1.34. The predicted molar refractivity (Wildman–Crippen MR) is 44.3 cm³/mol. The van der Waals surface area contributed by atoms with E-state index < -0.39 is 11.0 Å². The molecule has 2 unspecified atom stereocenters. The summed E-state index contributed by atoms with van der Waals surface area (Å²) >= 11 is 14.0. The number of hydrogen-bond donors (Lipinski definition) is 0. The smallest absolute Gasteiger partial charge is 0.789 e. The molecule has 1 aliphatic rings. The summed E-state index contributed by atoms with van der Waals surface area (Å²) in [7, 11) is 0. The van der Waals surface area contributed by atoms with Crippen LogP contribution in [0.5, 0.6) is 0 Å². The van der Waals surface area contributed by atoms with E-state index in [4.69, 9.17) is 25.3 Å². The van der Waals surface area contributed by atoms with Gasteiger partial charge in [0.2, 0.25) is 0 Å². The van der Waals surface area contributed by atoms with E-state index in [1.807, 2.05) is 0 Å². The van der Waals surface area contributed by atoms with Gasteiger partial charge in [-0.1, -0.05) is 11.0 Å². The van der Waals surface area contributed by atoms with Gasteiger partial charge in [-0.05, 0) is 0 Å². The number of hydrogen-bond acceptors (Lipinski definition) is 2. The van der Waals surface area contributed by atoms with Crippen molar-refractivity contribution in [1.82, 2.24) is 0 Å². The second-order valence-corrected chi connectivity index (χ2v) is 2.55. The van der Waals surface area contributed by atoms with Gasteiger partial charge in [0.05, 0.1) is 0 Å². The van der Waals surface area contributed by atoms with Crippen molar-refractivity contribution in [2.45, 2.75) is 11.0 Å². The van der Waals surface area contributed by atoms with Crippen LogP contribution in [0.25, 0.3) is 10.6 Å². The molecule has 0 aromatic carbocycles. The average Bonchev–Trinajstić information content (AvgIpc) is 1.59. The Labute approximate surface area is 155 Å². The topological polar surface area (TPSA) is 40.6 Å². The van der Waals surface area contributed by atoms with Crippen LogP contribution in [0, 0.1) is 0 Å². The Bertz CT molecular complexity index is 146. The monoisotopic (exact) mass is 245 g/mol. The number of aliphatic imine (C=N–C) groups is 1. The zero-order valence-electron chi connectivity index (χ0n) is 7.22. The fourth-order valence-electron chi connectivity index (χ4n) is 0.398. The van der Waals surface area contributed by atoms with Gasteiger partial charge >= 0.3 is 88.7 Å². The third-order valence-electron chi connectivity index (χ3n) is 0.697. The summed E-state index contributed by atoms with van der Waals surface area (Å²) in [5.74, 6) is 0. The predicted octanol–water partition coefficient (Wildman–Crippen LogP) is -7.38. The van der Waals surface area contributed by atoms with Crippen LogP contribution in [0.15, 0.2) is 4.99 Å². The molecule has 0 N–H and O–H groups in total. The Kier molecular flexibility index (Phi) is 18.7. The molecule has 2 radical (unpaired) electrons. The van der Waals surface area contributed by atoms with Crippen LogP contribution in [0.2, 0.25) is 0 Å². The molecule has 0 saturated heterocycles. The van der Waals surface area contributed by atoms with E-state index >= 15 is 0 Å². The second kappa shape index (κ2) is 10.9. The van der Waals surface area contributed by atoms with E-state index in [-0.39, 0.29) is 93.8 Å². The first-order valence-electron chi connectivity index (χ1n) is 2.16. The zero-order valence-corrected chi connectivity index (χ0v) is 15.7. The van der Waals surface area contributed by atoms with Crippen molar-refractivity contribution in [3.05, 3.63) is 10.6 Å².